The average Bonchev–Trinajstić information content (AvgIpc) is 2.43. The summed E-state index contributed by atoms with van der Waals surface area (Å²) in [5.74, 6) is 0.119. The van der Waals surface area contributed by atoms with Crippen molar-refractivity contribution in [1.82, 2.24) is 0 Å². The lowest BCUT2D eigenvalue weighted by Crippen LogP contribution is -2.26. The van der Waals surface area contributed by atoms with Crippen LogP contribution in [0.25, 0.3) is 0 Å². The van der Waals surface area contributed by atoms with E-state index in [1.54, 1.807) is 4.90 Å². The van der Waals surface area contributed by atoms with Crippen molar-refractivity contribution >= 4 is 39.1 Å². The van der Waals surface area contributed by atoms with E-state index in [0.29, 0.717) is 13.0 Å². The third-order valence-electron chi connectivity index (χ3n) is 2.80. The van der Waals surface area contributed by atoms with Crippen LogP contribution in [0.1, 0.15) is 17.5 Å². The quantitative estimate of drug-likeness (QED) is 0.728. The van der Waals surface area contributed by atoms with Crippen LogP contribution in [0.2, 0.25) is 0 Å². The Hall–Kier alpha value is -0.540. The fraction of sp³-hybridized carbons (Fsp3) is 0.417. The van der Waals surface area contributed by atoms with Gasteiger partial charge in [0.2, 0.25) is 5.91 Å². The number of anilines is 1. The molecule has 0 aliphatic carbocycles. The predicted molar refractivity (Wildman–Crippen MR) is 70.2 cm³/mol. The van der Waals surface area contributed by atoms with Gasteiger partial charge in [0.15, 0.2) is 0 Å². The van der Waals surface area contributed by atoms with Gasteiger partial charge in [0.25, 0.3) is 0 Å². The Kier molecular flexibility index (Phi) is 3.27. The molecular weight excluding hydrogens is 289 g/mol. The monoisotopic (exact) mass is 301 g/mol. The van der Waals surface area contributed by atoms with Crippen LogP contribution in [0.4, 0.5) is 5.69 Å². The normalized spacial score (nSPS) is 20.6. The molecule has 0 bridgehead atoms. The second-order valence-electron chi connectivity index (χ2n) is 4.19. The maximum Gasteiger partial charge on any atom is 0.228 e. The lowest BCUT2D eigenvalue weighted by molar-refractivity contribution is -0.117. The maximum absolute atomic E-state index is 11.8. The predicted octanol–water partition coefficient (Wildman–Crippen LogP) is 3.41. The number of carbonyl (C=O) groups excluding carboxylic acids is 1. The van der Waals surface area contributed by atoms with Gasteiger partial charge in [-0.3, -0.25) is 4.79 Å². The van der Waals surface area contributed by atoms with E-state index in [0.717, 1.165) is 21.3 Å². The van der Waals surface area contributed by atoms with Crippen LogP contribution < -0.4 is 4.90 Å². The summed E-state index contributed by atoms with van der Waals surface area (Å²) < 4.78 is 1.04. The molecular formula is C12H13BrClNO. The summed E-state index contributed by atoms with van der Waals surface area (Å²) in [6, 6.07) is 4.05. The Morgan fingerprint density at radius 2 is 1.94 bits per heavy atom. The van der Waals surface area contributed by atoms with Crippen molar-refractivity contribution in [3.8, 4) is 0 Å². The Balaban J connectivity index is 2.44. The summed E-state index contributed by atoms with van der Waals surface area (Å²) in [7, 11) is 0. The number of carbonyl (C=O) groups is 1. The highest BCUT2D eigenvalue weighted by molar-refractivity contribution is 9.10. The van der Waals surface area contributed by atoms with Crippen molar-refractivity contribution in [2.75, 3.05) is 11.4 Å². The number of alkyl halides is 1. The summed E-state index contributed by atoms with van der Waals surface area (Å²) in [6.07, 6.45) is 0.441. The molecule has 2 nitrogen and oxygen atoms in total. The molecule has 4 heteroatoms. The molecule has 0 saturated carbocycles. The largest absolute Gasteiger partial charge is 0.310 e. The molecule has 0 spiro atoms. The van der Waals surface area contributed by atoms with Crippen molar-refractivity contribution in [2.45, 2.75) is 25.6 Å². The van der Waals surface area contributed by atoms with Gasteiger partial charge in [-0.25, -0.2) is 0 Å². The van der Waals surface area contributed by atoms with E-state index in [4.69, 9.17) is 11.6 Å². The number of hydrogen-bond acceptors (Lipinski definition) is 1. The van der Waals surface area contributed by atoms with Crippen LogP contribution in [0, 0.1) is 13.8 Å². The average molecular weight is 303 g/mol. The summed E-state index contributed by atoms with van der Waals surface area (Å²) >= 11 is 9.47. The van der Waals surface area contributed by atoms with Gasteiger partial charge in [0.05, 0.1) is 5.38 Å². The molecule has 1 aliphatic rings. The van der Waals surface area contributed by atoms with Gasteiger partial charge in [-0.15, -0.1) is 11.6 Å². The first-order valence-corrected chi connectivity index (χ1v) is 6.43. The zero-order valence-corrected chi connectivity index (χ0v) is 11.6. The van der Waals surface area contributed by atoms with Crippen LogP contribution in [0.3, 0.4) is 0 Å². The van der Waals surface area contributed by atoms with Gasteiger partial charge >= 0.3 is 0 Å². The van der Waals surface area contributed by atoms with Gasteiger partial charge < -0.3 is 4.90 Å². The molecule has 86 valence electrons. The summed E-state index contributed by atoms with van der Waals surface area (Å²) in [6.45, 7) is 4.65. The summed E-state index contributed by atoms with van der Waals surface area (Å²) in [5.41, 5.74) is 3.22. The first kappa shape index (κ1) is 11.9. The highest BCUT2D eigenvalue weighted by Crippen LogP contribution is 2.32. The molecule has 0 aromatic heterocycles. The Labute approximate surface area is 109 Å². The minimum Gasteiger partial charge on any atom is -0.310 e. The molecule has 1 fully saturated rings. The van der Waals surface area contributed by atoms with Gasteiger partial charge in [-0.2, -0.15) is 0 Å². The smallest absolute Gasteiger partial charge is 0.228 e. The van der Waals surface area contributed by atoms with Gasteiger partial charge in [-0.05, 0) is 37.1 Å². The molecule has 1 aliphatic heterocycles. The Morgan fingerprint density at radius 1 is 1.38 bits per heavy atom. The van der Waals surface area contributed by atoms with Crippen LogP contribution in [-0.2, 0) is 4.79 Å². The van der Waals surface area contributed by atoms with Crippen molar-refractivity contribution < 1.29 is 4.79 Å². The third kappa shape index (κ3) is 2.11. The maximum atomic E-state index is 11.8. The summed E-state index contributed by atoms with van der Waals surface area (Å²) in [5, 5.41) is -0.0602. The van der Waals surface area contributed by atoms with Crippen molar-refractivity contribution in [1.29, 1.82) is 0 Å². The lowest BCUT2D eigenvalue weighted by atomic mass is 10.1. The van der Waals surface area contributed by atoms with Gasteiger partial charge in [0.1, 0.15) is 0 Å². The van der Waals surface area contributed by atoms with Crippen LogP contribution in [0.5, 0.6) is 0 Å². The van der Waals surface area contributed by atoms with E-state index < -0.39 is 0 Å². The number of aryl methyl sites for hydroxylation is 2. The molecule has 1 heterocycles. The highest BCUT2D eigenvalue weighted by atomic mass is 79.9. The molecule has 1 unspecified atom stereocenters. The Bertz CT molecular complexity index is 424. The number of rotatable bonds is 1. The van der Waals surface area contributed by atoms with Crippen LogP contribution >= 0.6 is 27.5 Å². The summed E-state index contributed by atoms with van der Waals surface area (Å²) in [4.78, 5) is 13.6. The molecule has 1 atom stereocenters. The molecule has 1 aromatic carbocycles. The van der Waals surface area contributed by atoms with Crippen LogP contribution in [0.15, 0.2) is 16.6 Å². The number of nitrogens with zero attached hydrogens (tertiary/aromatic N) is 1. The SMILES string of the molecule is Cc1cc(Br)cc(C)c1N1CC(Cl)CC1=O. The van der Waals surface area contributed by atoms with E-state index >= 15 is 0 Å². The standard InChI is InChI=1S/C12H13BrClNO/c1-7-3-9(13)4-8(2)12(7)15-6-10(14)5-11(15)16/h3-4,10H,5-6H2,1-2H3. The molecule has 1 saturated heterocycles. The fourth-order valence-electron chi connectivity index (χ4n) is 2.21. The molecule has 0 N–H and O–H groups in total. The first-order chi connectivity index (χ1) is 7.49. The molecule has 16 heavy (non-hydrogen) atoms. The topological polar surface area (TPSA) is 20.3 Å². The van der Waals surface area contributed by atoms with Crippen LogP contribution in [-0.4, -0.2) is 17.8 Å². The van der Waals surface area contributed by atoms with Crippen molar-refractivity contribution in [3.63, 3.8) is 0 Å². The minimum atomic E-state index is -0.0602. The molecule has 0 radical (unpaired) electrons. The first-order valence-electron chi connectivity index (χ1n) is 5.20. The third-order valence-corrected chi connectivity index (χ3v) is 3.55. The number of benzene rings is 1. The highest BCUT2D eigenvalue weighted by Gasteiger charge is 2.30. The van der Waals surface area contributed by atoms with E-state index in [2.05, 4.69) is 15.9 Å². The molecule has 1 amide bonds. The van der Waals surface area contributed by atoms with E-state index in [9.17, 15) is 4.79 Å². The number of halogens is 2. The van der Waals surface area contributed by atoms with Crippen molar-refractivity contribution in [2.24, 2.45) is 0 Å². The second-order valence-corrected chi connectivity index (χ2v) is 5.73. The van der Waals surface area contributed by atoms with Crippen molar-refractivity contribution in [3.05, 3.63) is 27.7 Å². The second kappa shape index (κ2) is 4.38. The lowest BCUT2D eigenvalue weighted by Gasteiger charge is -2.21. The van der Waals surface area contributed by atoms with Gasteiger partial charge in [-0.1, -0.05) is 15.9 Å². The molecule has 1 aromatic rings. The fourth-order valence-corrected chi connectivity index (χ4v) is 3.17. The van der Waals surface area contributed by atoms with Gasteiger partial charge in [0, 0.05) is 23.1 Å². The van der Waals surface area contributed by atoms with E-state index in [-0.39, 0.29) is 11.3 Å². The number of amides is 1. The minimum absolute atomic E-state index is 0.0602. The number of hydrogen-bond donors (Lipinski definition) is 0. The zero-order valence-electron chi connectivity index (χ0n) is 9.26. The van der Waals surface area contributed by atoms with E-state index in [1.807, 2.05) is 26.0 Å². The molecule has 2 rings (SSSR count). The zero-order chi connectivity index (χ0) is 11.9. The van der Waals surface area contributed by atoms with E-state index in [1.165, 1.54) is 0 Å². The Morgan fingerprint density at radius 3 is 2.38 bits per heavy atom.